The van der Waals surface area contributed by atoms with Crippen LogP contribution >= 0.6 is 0 Å². The number of aryl methyl sites for hydroxylation is 1. The summed E-state index contributed by atoms with van der Waals surface area (Å²) in [4.78, 5) is 12.4. The number of nitrogens with zero attached hydrogens (tertiary/aromatic N) is 5. The van der Waals surface area contributed by atoms with Crippen molar-refractivity contribution in [2.75, 3.05) is 7.11 Å². The summed E-state index contributed by atoms with van der Waals surface area (Å²) in [7, 11) is 1.47. The van der Waals surface area contributed by atoms with Crippen molar-refractivity contribution in [2.45, 2.75) is 26.1 Å². The summed E-state index contributed by atoms with van der Waals surface area (Å²) in [5.74, 6) is 0.102. The fourth-order valence-electron chi connectivity index (χ4n) is 2.52. The Kier molecular flexibility index (Phi) is 4.81. The van der Waals surface area contributed by atoms with Gasteiger partial charge in [0.05, 0.1) is 18.7 Å². The number of hydrogen-bond donors (Lipinski definition) is 0. The molecule has 1 aromatic carbocycles. The van der Waals surface area contributed by atoms with Crippen molar-refractivity contribution in [3.63, 3.8) is 0 Å². The normalized spacial score (nSPS) is 12.9. The minimum absolute atomic E-state index is 0.0656. The molecule has 0 aliphatic carbocycles. The van der Waals surface area contributed by atoms with Crippen LogP contribution < -0.4 is 4.74 Å². The zero-order valence-electron chi connectivity index (χ0n) is 14.6. The number of methoxy groups -OCH3 is 1. The van der Waals surface area contributed by atoms with Crippen LogP contribution in [0.4, 0.5) is 17.6 Å². The molecule has 10 heteroatoms. The van der Waals surface area contributed by atoms with Gasteiger partial charge in [-0.05, 0) is 26.0 Å². The van der Waals surface area contributed by atoms with Gasteiger partial charge in [-0.2, -0.15) is 18.2 Å². The Morgan fingerprint density at radius 3 is 2.52 bits per heavy atom. The molecule has 0 bridgehead atoms. The van der Waals surface area contributed by atoms with E-state index in [-0.39, 0.29) is 11.4 Å². The second-order valence-corrected chi connectivity index (χ2v) is 5.80. The lowest BCUT2D eigenvalue weighted by atomic mass is 10.1. The minimum Gasteiger partial charge on any atom is -0.481 e. The molecule has 0 fully saturated rings. The number of rotatable bonds is 4. The first-order chi connectivity index (χ1) is 12.7. The van der Waals surface area contributed by atoms with E-state index in [0.717, 1.165) is 12.1 Å². The highest BCUT2D eigenvalue weighted by atomic mass is 19.4. The zero-order chi connectivity index (χ0) is 19.8. The van der Waals surface area contributed by atoms with Crippen LogP contribution in [-0.2, 0) is 6.18 Å². The molecule has 27 heavy (non-hydrogen) atoms. The molecule has 142 valence electrons. The standard InChI is InChI=1S/C17H15F4N5O/c1-9(12-5-4-11(6-13(12)18)17(19,20)21)26-8-22-16(25-26)14-7-15(27-3)24-10(2)23-14/h4-9H,1-3H3. The number of alkyl halides is 3. The maximum Gasteiger partial charge on any atom is 0.416 e. The summed E-state index contributed by atoms with van der Waals surface area (Å²) in [5.41, 5.74) is -0.562. The average molecular weight is 381 g/mol. The molecular formula is C17H15F4N5O. The first-order valence-electron chi connectivity index (χ1n) is 7.87. The first kappa shape index (κ1) is 18.7. The van der Waals surface area contributed by atoms with E-state index in [1.165, 1.54) is 18.1 Å². The van der Waals surface area contributed by atoms with Crippen LogP contribution in [0.15, 0.2) is 30.6 Å². The van der Waals surface area contributed by atoms with Gasteiger partial charge < -0.3 is 4.74 Å². The van der Waals surface area contributed by atoms with Gasteiger partial charge in [-0.1, -0.05) is 6.07 Å². The molecule has 1 unspecified atom stereocenters. The Morgan fingerprint density at radius 1 is 1.15 bits per heavy atom. The maximum absolute atomic E-state index is 14.2. The van der Waals surface area contributed by atoms with Crippen LogP contribution in [0.5, 0.6) is 5.88 Å². The number of halogens is 4. The van der Waals surface area contributed by atoms with Crippen LogP contribution in [0.3, 0.4) is 0 Å². The smallest absolute Gasteiger partial charge is 0.416 e. The van der Waals surface area contributed by atoms with Crippen LogP contribution in [-0.4, -0.2) is 31.8 Å². The third-order valence-corrected chi connectivity index (χ3v) is 3.94. The van der Waals surface area contributed by atoms with Crippen LogP contribution in [0, 0.1) is 12.7 Å². The average Bonchev–Trinajstić information content (AvgIpc) is 3.10. The van der Waals surface area contributed by atoms with Crippen LogP contribution in [0.2, 0.25) is 0 Å². The predicted molar refractivity (Wildman–Crippen MR) is 87.6 cm³/mol. The summed E-state index contributed by atoms with van der Waals surface area (Å²) < 4.78 is 58.7. The van der Waals surface area contributed by atoms with Gasteiger partial charge in [0.25, 0.3) is 0 Å². The van der Waals surface area contributed by atoms with E-state index < -0.39 is 23.6 Å². The fraction of sp³-hybridized carbons (Fsp3) is 0.294. The van der Waals surface area contributed by atoms with Gasteiger partial charge in [0.15, 0.2) is 5.82 Å². The van der Waals surface area contributed by atoms with Crippen molar-refractivity contribution in [2.24, 2.45) is 0 Å². The number of hydrogen-bond acceptors (Lipinski definition) is 5. The highest BCUT2D eigenvalue weighted by Gasteiger charge is 2.31. The van der Waals surface area contributed by atoms with Gasteiger partial charge >= 0.3 is 6.18 Å². The SMILES string of the molecule is COc1cc(-c2ncn(C(C)c3ccc(C(F)(F)F)cc3F)n2)nc(C)n1. The summed E-state index contributed by atoms with van der Waals surface area (Å²) >= 11 is 0. The molecule has 0 saturated heterocycles. The number of benzene rings is 1. The zero-order valence-corrected chi connectivity index (χ0v) is 14.6. The van der Waals surface area contributed by atoms with Crippen molar-refractivity contribution in [3.05, 3.63) is 53.4 Å². The van der Waals surface area contributed by atoms with Gasteiger partial charge in [-0.25, -0.2) is 19.0 Å². The number of ether oxygens (including phenoxy) is 1. The van der Waals surface area contributed by atoms with E-state index in [9.17, 15) is 17.6 Å². The lowest BCUT2D eigenvalue weighted by Crippen LogP contribution is -2.12. The molecule has 0 aliphatic heterocycles. The Balaban J connectivity index is 1.92. The van der Waals surface area contributed by atoms with Crippen LogP contribution in [0.1, 0.15) is 29.9 Å². The molecule has 2 heterocycles. The second-order valence-electron chi connectivity index (χ2n) is 5.80. The molecule has 3 rings (SSSR count). The monoisotopic (exact) mass is 381 g/mol. The lowest BCUT2D eigenvalue weighted by Gasteiger charge is -2.14. The van der Waals surface area contributed by atoms with Gasteiger partial charge in [-0.15, -0.1) is 5.10 Å². The maximum atomic E-state index is 14.2. The van der Waals surface area contributed by atoms with Gasteiger partial charge in [0.2, 0.25) is 5.88 Å². The molecule has 3 aromatic rings. The highest BCUT2D eigenvalue weighted by molar-refractivity contribution is 5.49. The first-order valence-corrected chi connectivity index (χ1v) is 7.87. The summed E-state index contributed by atoms with van der Waals surface area (Å²) in [6.07, 6.45) is -3.24. The molecule has 0 N–H and O–H groups in total. The molecule has 0 amide bonds. The topological polar surface area (TPSA) is 65.7 Å². The summed E-state index contributed by atoms with van der Waals surface area (Å²) in [5, 5.41) is 4.26. The largest absolute Gasteiger partial charge is 0.481 e. The van der Waals surface area contributed by atoms with E-state index in [0.29, 0.717) is 23.5 Å². The third-order valence-electron chi connectivity index (χ3n) is 3.94. The van der Waals surface area contributed by atoms with Gasteiger partial charge in [0.1, 0.15) is 23.7 Å². The number of aromatic nitrogens is 5. The molecule has 1 atom stereocenters. The summed E-state index contributed by atoms with van der Waals surface area (Å²) in [6, 6.07) is 3.30. The van der Waals surface area contributed by atoms with Gasteiger partial charge in [0, 0.05) is 11.6 Å². The molecule has 6 nitrogen and oxygen atoms in total. The minimum atomic E-state index is -4.60. The molecular weight excluding hydrogens is 366 g/mol. The molecule has 0 saturated carbocycles. The van der Waals surface area contributed by atoms with E-state index >= 15 is 0 Å². The molecule has 2 aromatic heterocycles. The van der Waals surface area contributed by atoms with Crippen molar-refractivity contribution < 1.29 is 22.3 Å². The molecule has 0 aliphatic rings. The fourth-order valence-corrected chi connectivity index (χ4v) is 2.52. The predicted octanol–water partition coefficient (Wildman–Crippen LogP) is 3.82. The van der Waals surface area contributed by atoms with Crippen molar-refractivity contribution in [1.82, 2.24) is 24.7 Å². The van der Waals surface area contributed by atoms with E-state index in [4.69, 9.17) is 4.74 Å². The van der Waals surface area contributed by atoms with Crippen molar-refractivity contribution in [3.8, 4) is 17.4 Å². The Hall–Kier alpha value is -3.04. The van der Waals surface area contributed by atoms with E-state index in [1.54, 1.807) is 19.9 Å². The van der Waals surface area contributed by atoms with Crippen molar-refractivity contribution >= 4 is 0 Å². The van der Waals surface area contributed by atoms with E-state index in [2.05, 4.69) is 20.1 Å². The Morgan fingerprint density at radius 2 is 1.89 bits per heavy atom. The Labute approximate surface area is 151 Å². The quantitative estimate of drug-likeness (QED) is 0.643. The summed E-state index contributed by atoms with van der Waals surface area (Å²) in [6.45, 7) is 3.29. The van der Waals surface area contributed by atoms with Crippen LogP contribution in [0.25, 0.3) is 11.5 Å². The third kappa shape index (κ3) is 3.88. The highest BCUT2D eigenvalue weighted by Crippen LogP contribution is 2.32. The lowest BCUT2D eigenvalue weighted by molar-refractivity contribution is -0.137. The second kappa shape index (κ2) is 6.93. The van der Waals surface area contributed by atoms with Gasteiger partial charge in [-0.3, -0.25) is 0 Å². The Bertz CT molecular complexity index is 970. The van der Waals surface area contributed by atoms with Crippen molar-refractivity contribution in [1.29, 1.82) is 0 Å². The molecule has 0 spiro atoms. The molecule has 0 radical (unpaired) electrons. The van der Waals surface area contributed by atoms with E-state index in [1.807, 2.05) is 0 Å².